The fourth-order valence-electron chi connectivity index (χ4n) is 1.96. The van der Waals surface area contributed by atoms with Gasteiger partial charge in [-0.3, -0.25) is 0 Å². The van der Waals surface area contributed by atoms with Crippen LogP contribution in [0.3, 0.4) is 0 Å². The molecule has 2 aromatic rings. The lowest BCUT2D eigenvalue weighted by Gasteiger charge is -2.20. The molecule has 0 aliphatic carbocycles. The zero-order chi connectivity index (χ0) is 15.9. The standard InChI is InChI=1S/C16H19ClN2O2S/c1-3-19(11-14-9-10-15(17)22-14)16(20)18-12-5-7-13(8-6-12)21-4-2/h5-10H,3-4,11H2,1-2H3,(H,18,20). The first kappa shape index (κ1) is 16.6. The van der Waals surface area contributed by atoms with Crippen LogP contribution in [0.25, 0.3) is 0 Å². The SMILES string of the molecule is CCOc1ccc(NC(=O)N(CC)Cc2ccc(Cl)s2)cc1. The van der Waals surface area contributed by atoms with Gasteiger partial charge in [-0.1, -0.05) is 11.6 Å². The van der Waals surface area contributed by atoms with Crippen LogP contribution in [-0.4, -0.2) is 24.1 Å². The van der Waals surface area contributed by atoms with Crippen molar-refractivity contribution in [3.8, 4) is 5.75 Å². The summed E-state index contributed by atoms with van der Waals surface area (Å²) in [5.41, 5.74) is 0.746. The fraction of sp³-hybridized carbons (Fsp3) is 0.312. The maximum Gasteiger partial charge on any atom is 0.322 e. The summed E-state index contributed by atoms with van der Waals surface area (Å²) in [5.74, 6) is 0.793. The summed E-state index contributed by atoms with van der Waals surface area (Å²) in [5, 5.41) is 2.89. The van der Waals surface area contributed by atoms with Crippen molar-refractivity contribution < 1.29 is 9.53 Å². The number of urea groups is 1. The first-order chi connectivity index (χ1) is 10.6. The predicted molar refractivity (Wildman–Crippen MR) is 92.0 cm³/mol. The van der Waals surface area contributed by atoms with E-state index in [-0.39, 0.29) is 6.03 Å². The molecule has 0 aliphatic rings. The lowest BCUT2D eigenvalue weighted by Crippen LogP contribution is -2.34. The Kier molecular flexibility index (Phi) is 6.10. The summed E-state index contributed by atoms with van der Waals surface area (Å²) in [6.45, 7) is 5.69. The molecular weight excluding hydrogens is 320 g/mol. The Morgan fingerprint density at radius 2 is 1.95 bits per heavy atom. The Morgan fingerprint density at radius 3 is 2.50 bits per heavy atom. The number of benzene rings is 1. The van der Waals surface area contributed by atoms with Crippen molar-refractivity contribution in [3.63, 3.8) is 0 Å². The number of hydrogen-bond acceptors (Lipinski definition) is 3. The molecule has 6 heteroatoms. The quantitative estimate of drug-likeness (QED) is 0.817. The number of nitrogens with zero attached hydrogens (tertiary/aromatic N) is 1. The molecule has 0 bridgehead atoms. The lowest BCUT2D eigenvalue weighted by molar-refractivity contribution is 0.212. The van der Waals surface area contributed by atoms with E-state index in [4.69, 9.17) is 16.3 Å². The van der Waals surface area contributed by atoms with Gasteiger partial charge in [0.25, 0.3) is 0 Å². The van der Waals surface area contributed by atoms with Gasteiger partial charge < -0.3 is 15.0 Å². The second-order valence-electron chi connectivity index (χ2n) is 4.61. The molecule has 4 nitrogen and oxygen atoms in total. The van der Waals surface area contributed by atoms with Gasteiger partial charge in [-0.2, -0.15) is 0 Å². The van der Waals surface area contributed by atoms with E-state index < -0.39 is 0 Å². The van der Waals surface area contributed by atoms with E-state index in [2.05, 4.69) is 5.32 Å². The summed E-state index contributed by atoms with van der Waals surface area (Å²) >= 11 is 7.41. The topological polar surface area (TPSA) is 41.6 Å². The first-order valence-corrected chi connectivity index (χ1v) is 8.34. The highest BCUT2D eigenvalue weighted by Gasteiger charge is 2.13. The monoisotopic (exact) mass is 338 g/mol. The number of amides is 2. The molecule has 0 atom stereocenters. The summed E-state index contributed by atoms with van der Waals surface area (Å²) in [7, 11) is 0. The van der Waals surface area contributed by atoms with Crippen molar-refractivity contribution in [2.24, 2.45) is 0 Å². The Morgan fingerprint density at radius 1 is 1.23 bits per heavy atom. The van der Waals surface area contributed by atoms with Crippen LogP contribution in [0.4, 0.5) is 10.5 Å². The number of nitrogens with one attached hydrogen (secondary N) is 1. The number of halogens is 1. The average Bonchev–Trinajstić information content (AvgIpc) is 2.92. The summed E-state index contributed by atoms with van der Waals surface area (Å²) < 4.78 is 6.12. The van der Waals surface area contributed by atoms with Gasteiger partial charge >= 0.3 is 6.03 Å². The molecule has 2 rings (SSSR count). The third-order valence-electron chi connectivity index (χ3n) is 3.06. The van der Waals surface area contributed by atoms with Crippen molar-refractivity contribution in [1.29, 1.82) is 0 Å². The van der Waals surface area contributed by atoms with Crippen molar-refractivity contribution >= 4 is 34.7 Å². The van der Waals surface area contributed by atoms with Gasteiger partial charge in [0.05, 0.1) is 17.5 Å². The van der Waals surface area contributed by atoms with Crippen molar-refractivity contribution in [2.75, 3.05) is 18.5 Å². The lowest BCUT2D eigenvalue weighted by atomic mass is 10.3. The van der Waals surface area contributed by atoms with Crippen molar-refractivity contribution in [1.82, 2.24) is 4.90 Å². The zero-order valence-corrected chi connectivity index (χ0v) is 14.2. The number of ether oxygens (including phenoxy) is 1. The van der Waals surface area contributed by atoms with E-state index in [0.29, 0.717) is 19.7 Å². The highest BCUT2D eigenvalue weighted by atomic mass is 35.5. The molecule has 0 spiro atoms. The van der Waals surface area contributed by atoms with E-state index >= 15 is 0 Å². The molecule has 0 saturated heterocycles. The molecule has 1 aromatic heterocycles. The Hall–Kier alpha value is -1.72. The van der Waals surface area contributed by atoms with E-state index in [1.54, 1.807) is 4.90 Å². The van der Waals surface area contributed by atoms with Gasteiger partial charge in [-0.15, -0.1) is 11.3 Å². The highest BCUT2D eigenvalue weighted by Crippen LogP contribution is 2.23. The third kappa shape index (κ3) is 4.64. The van der Waals surface area contributed by atoms with Crippen LogP contribution in [0.1, 0.15) is 18.7 Å². The fourth-order valence-corrected chi connectivity index (χ4v) is 3.06. The summed E-state index contributed by atoms with van der Waals surface area (Å²) in [4.78, 5) is 15.1. The van der Waals surface area contributed by atoms with E-state index in [9.17, 15) is 4.79 Å². The molecule has 118 valence electrons. The van der Waals surface area contributed by atoms with Gasteiger partial charge in [0.1, 0.15) is 5.75 Å². The number of hydrogen-bond donors (Lipinski definition) is 1. The van der Waals surface area contributed by atoms with Gasteiger partial charge in [-0.05, 0) is 50.2 Å². The average molecular weight is 339 g/mol. The maximum atomic E-state index is 12.3. The molecule has 1 aromatic carbocycles. The second-order valence-corrected chi connectivity index (χ2v) is 6.41. The minimum atomic E-state index is -0.129. The Bertz CT molecular complexity index is 613. The molecule has 0 saturated carbocycles. The van der Waals surface area contributed by atoms with Crippen molar-refractivity contribution in [3.05, 3.63) is 45.6 Å². The zero-order valence-electron chi connectivity index (χ0n) is 12.6. The maximum absolute atomic E-state index is 12.3. The molecule has 0 fully saturated rings. The summed E-state index contributed by atoms with van der Waals surface area (Å²) in [6, 6.07) is 11.0. The van der Waals surface area contributed by atoms with Crippen LogP contribution >= 0.6 is 22.9 Å². The van der Waals surface area contributed by atoms with Crippen LogP contribution in [0, 0.1) is 0 Å². The molecule has 1 heterocycles. The largest absolute Gasteiger partial charge is 0.494 e. The number of carbonyl (C=O) groups is 1. The van der Waals surface area contributed by atoms with Crippen LogP contribution < -0.4 is 10.1 Å². The van der Waals surface area contributed by atoms with E-state index in [0.717, 1.165) is 20.7 Å². The van der Waals surface area contributed by atoms with Crippen LogP contribution in [0.5, 0.6) is 5.75 Å². The van der Waals surface area contributed by atoms with Crippen molar-refractivity contribution in [2.45, 2.75) is 20.4 Å². The van der Waals surface area contributed by atoms with Gasteiger partial charge in [-0.25, -0.2) is 4.79 Å². The second kappa shape index (κ2) is 8.06. The number of carbonyl (C=O) groups excluding carboxylic acids is 1. The van der Waals surface area contributed by atoms with E-state index in [1.807, 2.05) is 50.2 Å². The minimum absolute atomic E-state index is 0.129. The minimum Gasteiger partial charge on any atom is -0.494 e. The Balaban J connectivity index is 1.96. The molecule has 22 heavy (non-hydrogen) atoms. The highest BCUT2D eigenvalue weighted by molar-refractivity contribution is 7.16. The number of rotatable bonds is 6. The van der Waals surface area contributed by atoms with Gasteiger partial charge in [0.15, 0.2) is 0 Å². The smallest absolute Gasteiger partial charge is 0.322 e. The number of anilines is 1. The van der Waals surface area contributed by atoms with Crippen LogP contribution in [0.2, 0.25) is 4.34 Å². The number of thiophene rings is 1. The normalized spacial score (nSPS) is 10.3. The van der Waals surface area contributed by atoms with Gasteiger partial charge in [0.2, 0.25) is 0 Å². The molecular formula is C16H19ClN2O2S. The summed E-state index contributed by atoms with van der Waals surface area (Å²) in [6.07, 6.45) is 0. The molecule has 1 N–H and O–H groups in total. The third-order valence-corrected chi connectivity index (χ3v) is 4.28. The van der Waals surface area contributed by atoms with Crippen LogP contribution in [0.15, 0.2) is 36.4 Å². The first-order valence-electron chi connectivity index (χ1n) is 7.15. The molecule has 0 aliphatic heterocycles. The molecule has 2 amide bonds. The van der Waals surface area contributed by atoms with E-state index in [1.165, 1.54) is 11.3 Å². The van der Waals surface area contributed by atoms with Gasteiger partial charge in [0, 0.05) is 17.1 Å². The Labute approximate surface area is 139 Å². The van der Waals surface area contributed by atoms with Crippen LogP contribution in [-0.2, 0) is 6.54 Å². The molecule has 0 radical (unpaired) electrons. The molecule has 0 unspecified atom stereocenters. The predicted octanol–water partition coefficient (Wildman–Crippen LogP) is 4.85.